The maximum atomic E-state index is 14.3. The van der Waals surface area contributed by atoms with Crippen molar-refractivity contribution in [1.82, 2.24) is 14.4 Å². The Bertz CT molecular complexity index is 1730. The van der Waals surface area contributed by atoms with Crippen molar-refractivity contribution < 1.29 is 27.8 Å². The van der Waals surface area contributed by atoms with E-state index in [1.54, 1.807) is 49.1 Å². The molecule has 1 aromatic heterocycles. The molecule has 1 fully saturated rings. The Kier molecular flexibility index (Phi) is 11.5. The summed E-state index contributed by atoms with van der Waals surface area (Å²) in [5.41, 5.74) is -0.593. The number of rotatable bonds is 10. The van der Waals surface area contributed by atoms with Gasteiger partial charge in [-0.05, 0) is 57.7 Å². The van der Waals surface area contributed by atoms with E-state index < -0.39 is 34.3 Å². The maximum absolute atomic E-state index is 14.3. The Labute approximate surface area is 283 Å². The fraction of sp³-hybridized carbons (Fsp3) is 0.400. The van der Waals surface area contributed by atoms with Crippen LogP contribution in [-0.4, -0.2) is 68.2 Å². The number of hydrogen-bond acceptors (Lipinski definition) is 8. The molecule has 10 nitrogen and oxygen atoms in total. The number of halogens is 2. The molecule has 0 atom stereocenters. The number of pyridine rings is 1. The van der Waals surface area contributed by atoms with Gasteiger partial charge < -0.3 is 23.8 Å². The third-order valence-electron chi connectivity index (χ3n) is 8.27. The summed E-state index contributed by atoms with van der Waals surface area (Å²) < 4.78 is 41.1. The largest absolute Gasteiger partial charge is 0.483 e. The molecule has 0 saturated carbocycles. The number of likely N-dealkylation sites (tertiary alicyclic amines) is 1. The van der Waals surface area contributed by atoms with Gasteiger partial charge in [-0.1, -0.05) is 48.2 Å². The van der Waals surface area contributed by atoms with Gasteiger partial charge >= 0.3 is 6.09 Å². The van der Waals surface area contributed by atoms with Crippen molar-refractivity contribution in [2.75, 3.05) is 20.1 Å². The summed E-state index contributed by atoms with van der Waals surface area (Å²) in [4.78, 5) is 42.0. The molecule has 1 saturated heterocycles. The molecule has 0 spiro atoms. The number of nitrogens with zero attached hydrogens (tertiary/aromatic N) is 3. The second kappa shape index (κ2) is 15.1. The molecule has 1 aliphatic rings. The average molecular weight is 682 g/mol. The highest BCUT2D eigenvalue weighted by Gasteiger charge is 2.41. The van der Waals surface area contributed by atoms with E-state index in [0.29, 0.717) is 43.4 Å². The number of carbonyl (C=O) groups excluding carboxylic acids is 2. The van der Waals surface area contributed by atoms with Crippen LogP contribution in [0.5, 0.6) is 5.75 Å². The Hall–Kier alpha value is -4.52. The smallest absolute Gasteiger partial charge is 0.410 e. The molecule has 13 heteroatoms. The lowest BCUT2D eigenvalue weighted by Gasteiger charge is -2.46. The number of likely N-dealkylation sites (N-methyl/N-ethyl adjacent to an activating group) is 1. The average Bonchev–Trinajstić information content (AvgIpc) is 3.03. The Morgan fingerprint density at radius 1 is 1.10 bits per heavy atom. The highest BCUT2D eigenvalue weighted by Crippen LogP contribution is 2.32. The summed E-state index contributed by atoms with van der Waals surface area (Å²) in [7, 11) is 1.68. The standard InChI is InChI=1S/C35H41F2N5O5S/c1-23-31(46-20-24-9-7-6-8-10-24)30(44)27(32(39)48-29(38)17-25-11-12-26(36)18-28(25)37)19-42(23)21-35(40(5)22-43)13-15-41(16-14-35)33(45)47-34(2,3)4/h6-12,18-19,22,38-39H,13-17,20-21H2,1-5H3. The number of aromatic nitrogens is 1. The van der Waals surface area contributed by atoms with Gasteiger partial charge in [0.15, 0.2) is 5.75 Å². The highest BCUT2D eigenvalue weighted by molar-refractivity contribution is 8.26. The zero-order chi connectivity index (χ0) is 35.2. The van der Waals surface area contributed by atoms with Gasteiger partial charge in [0, 0.05) is 45.4 Å². The van der Waals surface area contributed by atoms with Gasteiger partial charge in [-0.25, -0.2) is 13.6 Å². The lowest BCUT2D eigenvalue weighted by atomic mass is 9.85. The first-order valence-corrected chi connectivity index (χ1v) is 16.3. The van der Waals surface area contributed by atoms with E-state index in [9.17, 15) is 23.2 Å². The molecule has 0 aliphatic carbocycles. The summed E-state index contributed by atoms with van der Waals surface area (Å²) >= 11 is 0.689. The number of benzene rings is 2. The van der Waals surface area contributed by atoms with Crippen LogP contribution in [0.25, 0.3) is 0 Å². The number of piperidine rings is 1. The van der Waals surface area contributed by atoms with E-state index in [4.69, 9.17) is 20.3 Å². The molecule has 48 heavy (non-hydrogen) atoms. The van der Waals surface area contributed by atoms with Crippen LogP contribution in [0.4, 0.5) is 13.6 Å². The van der Waals surface area contributed by atoms with E-state index in [2.05, 4.69) is 0 Å². The van der Waals surface area contributed by atoms with Crippen molar-refractivity contribution in [2.45, 2.75) is 71.2 Å². The van der Waals surface area contributed by atoms with Gasteiger partial charge in [0.05, 0.1) is 21.8 Å². The van der Waals surface area contributed by atoms with Gasteiger partial charge in [-0.3, -0.25) is 20.4 Å². The van der Waals surface area contributed by atoms with Crippen molar-refractivity contribution >= 4 is 34.4 Å². The summed E-state index contributed by atoms with van der Waals surface area (Å²) in [6.45, 7) is 8.10. The van der Waals surface area contributed by atoms with Crippen molar-refractivity contribution in [3.8, 4) is 5.75 Å². The molecule has 4 rings (SSSR count). The van der Waals surface area contributed by atoms with Crippen LogP contribution in [0.3, 0.4) is 0 Å². The normalized spacial score (nSPS) is 14.3. The lowest BCUT2D eigenvalue weighted by Crippen LogP contribution is -2.57. The monoisotopic (exact) mass is 681 g/mol. The minimum atomic E-state index is -0.802. The number of hydrogen-bond donors (Lipinski definition) is 2. The maximum Gasteiger partial charge on any atom is 0.410 e. The van der Waals surface area contributed by atoms with Gasteiger partial charge in [-0.15, -0.1) is 0 Å². The summed E-state index contributed by atoms with van der Waals surface area (Å²) in [6, 6.07) is 12.4. The topological polar surface area (TPSA) is 129 Å². The van der Waals surface area contributed by atoms with Crippen molar-refractivity contribution in [3.05, 3.63) is 99.0 Å². The zero-order valence-electron chi connectivity index (χ0n) is 27.8. The molecular formula is C35H41F2N5O5S. The van der Waals surface area contributed by atoms with Gasteiger partial charge in [0.2, 0.25) is 11.8 Å². The third-order valence-corrected chi connectivity index (χ3v) is 9.09. The van der Waals surface area contributed by atoms with Crippen LogP contribution in [0.15, 0.2) is 59.5 Å². The first kappa shape index (κ1) is 36.3. The third kappa shape index (κ3) is 8.88. The van der Waals surface area contributed by atoms with Crippen molar-refractivity contribution in [3.63, 3.8) is 0 Å². The minimum absolute atomic E-state index is 0.0212. The number of ether oxygens (including phenoxy) is 2. The minimum Gasteiger partial charge on any atom is -0.483 e. The first-order chi connectivity index (χ1) is 22.6. The van der Waals surface area contributed by atoms with E-state index in [1.807, 2.05) is 30.3 Å². The zero-order valence-corrected chi connectivity index (χ0v) is 28.6. The molecular weight excluding hydrogens is 640 g/mol. The quantitative estimate of drug-likeness (QED) is 0.150. The van der Waals surface area contributed by atoms with E-state index in [-0.39, 0.29) is 46.5 Å². The number of carbonyl (C=O) groups is 2. The predicted molar refractivity (Wildman–Crippen MR) is 182 cm³/mol. The summed E-state index contributed by atoms with van der Waals surface area (Å²) in [6.07, 6.45) is 2.47. The van der Waals surface area contributed by atoms with E-state index >= 15 is 0 Å². The molecule has 2 heterocycles. The van der Waals surface area contributed by atoms with E-state index in [0.717, 1.165) is 24.1 Å². The highest BCUT2D eigenvalue weighted by atomic mass is 32.2. The van der Waals surface area contributed by atoms with Crippen LogP contribution in [0.2, 0.25) is 0 Å². The fourth-order valence-corrected chi connectivity index (χ4v) is 6.22. The van der Waals surface area contributed by atoms with Gasteiger partial charge in [0.25, 0.3) is 0 Å². The van der Waals surface area contributed by atoms with Crippen molar-refractivity contribution in [1.29, 1.82) is 10.8 Å². The molecule has 256 valence electrons. The summed E-state index contributed by atoms with van der Waals surface area (Å²) in [5, 5.41) is 16.9. The molecule has 0 bridgehead atoms. The molecule has 0 radical (unpaired) electrons. The first-order valence-electron chi connectivity index (χ1n) is 15.5. The SMILES string of the molecule is Cc1c(OCc2ccccc2)c(=O)c(C(=N)SC(=N)Cc2ccc(F)cc2F)cn1CC1(N(C)C=O)CCN(C(=O)OC(C)(C)C)CC1. The van der Waals surface area contributed by atoms with E-state index in [1.165, 1.54) is 12.3 Å². The Morgan fingerprint density at radius 2 is 1.77 bits per heavy atom. The number of amides is 2. The number of thioether (sulfide) groups is 1. The Balaban J connectivity index is 1.66. The molecule has 0 unspecified atom stereocenters. The van der Waals surface area contributed by atoms with Gasteiger partial charge in [0.1, 0.15) is 28.9 Å². The summed E-state index contributed by atoms with van der Waals surface area (Å²) in [5.74, 6) is -1.52. The number of nitrogens with one attached hydrogen (secondary N) is 2. The second-order valence-electron chi connectivity index (χ2n) is 12.9. The predicted octanol–water partition coefficient (Wildman–Crippen LogP) is 6.15. The second-order valence-corrected chi connectivity index (χ2v) is 14.0. The molecule has 2 aromatic carbocycles. The van der Waals surface area contributed by atoms with Gasteiger partial charge in [-0.2, -0.15) is 0 Å². The van der Waals surface area contributed by atoms with Crippen molar-refractivity contribution in [2.24, 2.45) is 0 Å². The molecule has 2 N–H and O–H groups in total. The molecule has 2 amide bonds. The molecule has 3 aromatic rings. The van der Waals surface area contributed by atoms with Crippen LogP contribution in [0, 0.1) is 29.4 Å². The van der Waals surface area contributed by atoms with Crippen LogP contribution in [0.1, 0.15) is 56.0 Å². The Morgan fingerprint density at radius 3 is 2.38 bits per heavy atom. The van der Waals surface area contributed by atoms with Crippen LogP contribution in [-0.2, 0) is 29.1 Å². The lowest BCUT2D eigenvalue weighted by molar-refractivity contribution is -0.124. The fourth-order valence-electron chi connectivity index (χ4n) is 5.49. The van der Waals surface area contributed by atoms with Crippen LogP contribution < -0.4 is 10.2 Å². The molecule has 1 aliphatic heterocycles. The van der Waals surface area contributed by atoms with Crippen LogP contribution >= 0.6 is 11.8 Å².